The number of amides is 2. The molecule has 1 saturated heterocycles. The van der Waals surface area contributed by atoms with E-state index in [-0.39, 0.29) is 23.5 Å². The molecule has 0 spiro atoms. The number of aromatic nitrogens is 2. The Bertz CT molecular complexity index is 1330. The molecule has 1 N–H and O–H groups in total. The van der Waals surface area contributed by atoms with Crippen LogP contribution >= 0.6 is 0 Å². The number of methoxy groups -OCH3 is 1. The Morgan fingerprint density at radius 2 is 1.82 bits per heavy atom. The van der Waals surface area contributed by atoms with Crippen LogP contribution in [0, 0.1) is 5.92 Å². The monoisotopic (exact) mass is 533 g/mol. The largest absolute Gasteiger partial charge is 0.481 e. The van der Waals surface area contributed by atoms with Crippen LogP contribution in [0.1, 0.15) is 56.5 Å². The fourth-order valence-electron chi connectivity index (χ4n) is 5.53. The van der Waals surface area contributed by atoms with Crippen molar-refractivity contribution >= 4 is 29.6 Å². The third kappa shape index (κ3) is 5.03. The molecule has 4 heterocycles. The van der Waals surface area contributed by atoms with Crippen LogP contribution in [0.4, 0.5) is 10.6 Å². The highest BCUT2D eigenvalue weighted by molar-refractivity contribution is 6.10. The normalized spacial score (nSPS) is 20.8. The van der Waals surface area contributed by atoms with E-state index < -0.39 is 17.6 Å². The quantitative estimate of drug-likeness (QED) is 0.456. The molecule has 10 nitrogen and oxygen atoms in total. The zero-order chi connectivity index (χ0) is 27.9. The minimum atomic E-state index is -0.635. The molecule has 0 radical (unpaired) electrons. The summed E-state index contributed by atoms with van der Waals surface area (Å²) in [6.07, 6.45) is 4.74. The molecule has 2 aromatic rings. The molecule has 3 aliphatic heterocycles. The fraction of sp³-hybridized carbons (Fsp3) is 0.448. The van der Waals surface area contributed by atoms with Crippen LogP contribution in [-0.2, 0) is 14.3 Å². The Labute approximate surface area is 228 Å². The second-order valence-corrected chi connectivity index (χ2v) is 11.1. The number of likely N-dealkylation sites (tertiary alicyclic amines) is 1. The van der Waals surface area contributed by atoms with E-state index in [2.05, 4.69) is 14.9 Å². The van der Waals surface area contributed by atoms with E-state index in [4.69, 9.17) is 9.47 Å². The number of aliphatic hydroxyl groups excluding tert-OH is 1. The number of carbonyl (C=O) groups is 2. The van der Waals surface area contributed by atoms with Gasteiger partial charge in [0, 0.05) is 37.9 Å². The number of hydrogen-bond acceptors (Lipinski definition) is 8. The van der Waals surface area contributed by atoms with Crippen molar-refractivity contribution in [2.45, 2.75) is 45.3 Å². The smallest absolute Gasteiger partial charge is 0.410 e. The van der Waals surface area contributed by atoms with Crippen molar-refractivity contribution < 1.29 is 24.2 Å². The lowest BCUT2D eigenvalue weighted by atomic mass is 9.85. The summed E-state index contributed by atoms with van der Waals surface area (Å²) in [6.45, 7) is 7.36. The van der Waals surface area contributed by atoms with Crippen LogP contribution in [0.5, 0.6) is 0 Å². The zero-order valence-corrected chi connectivity index (χ0v) is 23.0. The Morgan fingerprint density at radius 3 is 2.46 bits per heavy atom. The third-order valence-electron chi connectivity index (χ3n) is 7.40. The SMILES string of the molecule is CO/C(O)=C1\C(=O)N(C)c2ncnc3c2C1N(CC1CCN(C(=O)OC(C)(C)C)CC1)C(c1ccccc1)=C3. The van der Waals surface area contributed by atoms with Gasteiger partial charge in [-0.3, -0.25) is 9.69 Å². The average Bonchev–Trinajstić information content (AvgIpc) is 2.92. The zero-order valence-electron chi connectivity index (χ0n) is 23.0. The van der Waals surface area contributed by atoms with Crippen LogP contribution in [0.25, 0.3) is 11.8 Å². The van der Waals surface area contributed by atoms with Gasteiger partial charge in [-0.1, -0.05) is 30.3 Å². The van der Waals surface area contributed by atoms with E-state index in [1.165, 1.54) is 18.3 Å². The first kappa shape index (κ1) is 26.5. The van der Waals surface area contributed by atoms with E-state index >= 15 is 0 Å². The third-order valence-corrected chi connectivity index (χ3v) is 7.40. The standard InChI is InChI=1S/C29H35N5O5/c1-29(2,3)39-28(37)33-13-11-18(12-14-33)16-34-21(19-9-7-6-8-10-19)15-20-22-24(34)23(27(36)38-5)26(35)32(4)25(22)31-17-30-20/h6-10,15,17-18,24,36H,11-14,16H2,1-5H3/b27-23-. The molecule has 206 valence electrons. The number of benzene rings is 1. The highest BCUT2D eigenvalue weighted by Gasteiger charge is 2.46. The van der Waals surface area contributed by atoms with Gasteiger partial charge in [-0.05, 0) is 51.2 Å². The molecular formula is C29H35N5O5. The van der Waals surface area contributed by atoms with Crippen molar-refractivity contribution in [3.8, 4) is 0 Å². The molecule has 5 rings (SSSR count). The first-order chi connectivity index (χ1) is 18.6. The van der Waals surface area contributed by atoms with Gasteiger partial charge in [0.1, 0.15) is 23.3 Å². The molecular weight excluding hydrogens is 498 g/mol. The molecule has 1 aromatic carbocycles. The topological polar surface area (TPSA) is 108 Å². The summed E-state index contributed by atoms with van der Waals surface area (Å²) in [6, 6.07) is 9.30. The van der Waals surface area contributed by atoms with Crippen molar-refractivity contribution in [2.75, 3.05) is 38.7 Å². The van der Waals surface area contributed by atoms with E-state index in [1.807, 2.05) is 57.2 Å². The van der Waals surface area contributed by atoms with Crippen molar-refractivity contribution in [3.63, 3.8) is 0 Å². The van der Waals surface area contributed by atoms with Gasteiger partial charge in [-0.2, -0.15) is 0 Å². The van der Waals surface area contributed by atoms with E-state index in [0.717, 1.165) is 29.7 Å². The van der Waals surface area contributed by atoms with Gasteiger partial charge < -0.3 is 24.4 Å². The summed E-state index contributed by atoms with van der Waals surface area (Å²) in [5.74, 6) is -0.0613. The van der Waals surface area contributed by atoms with Gasteiger partial charge in [0.15, 0.2) is 0 Å². The molecule has 3 aliphatic rings. The molecule has 1 atom stereocenters. The Kier molecular flexibility index (Phi) is 6.96. The summed E-state index contributed by atoms with van der Waals surface area (Å²) in [5.41, 5.74) is 2.92. The minimum absolute atomic E-state index is 0.149. The molecule has 1 aromatic heterocycles. The van der Waals surface area contributed by atoms with Crippen LogP contribution in [0.2, 0.25) is 0 Å². The summed E-state index contributed by atoms with van der Waals surface area (Å²) in [5, 5.41) is 10.8. The summed E-state index contributed by atoms with van der Waals surface area (Å²) >= 11 is 0. The number of piperidine rings is 1. The maximum absolute atomic E-state index is 13.6. The lowest BCUT2D eigenvalue weighted by Crippen LogP contribution is -2.47. The summed E-state index contributed by atoms with van der Waals surface area (Å²) in [4.78, 5) is 40.5. The first-order valence-corrected chi connectivity index (χ1v) is 13.2. The van der Waals surface area contributed by atoms with Crippen molar-refractivity contribution in [1.82, 2.24) is 19.8 Å². The molecule has 10 heteroatoms. The van der Waals surface area contributed by atoms with Gasteiger partial charge in [0.2, 0.25) is 0 Å². The number of nitrogens with zero attached hydrogens (tertiary/aromatic N) is 5. The molecule has 0 bridgehead atoms. The number of ether oxygens (including phenoxy) is 2. The van der Waals surface area contributed by atoms with Gasteiger partial charge in [-0.15, -0.1) is 0 Å². The molecule has 0 aliphatic carbocycles. The maximum atomic E-state index is 13.6. The number of hydrogen-bond donors (Lipinski definition) is 1. The number of carbonyl (C=O) groups excluding carboxylic acids is 2. The van der Waals surface area contributed by atoms with Gasteiger partial charge >= 0.3 is 6.09 Å². The highest BCUT2D eigenvalue weighted by Crippen LogP contribution is 2.49. The summed E-state index contributed by atoms with van der Waals surface area (Å²) in [7, 11) is 2.98. The lowest BCUT2D eigenvalue weighted by molar-refractivity contribution is -0.116. The van der Waals surface area contributed by atoms with Gasteiger partial charge in [0.25, 0.3) is 11.9 Å². The number of anilines is 1. The molecule has 1 fully saturated rings. The van der Waals surface area contributed by atoms with Gasteiger partial charge in [0.05, 0.1) is 18.8 Å². The Morgan fingerprint density at radius 1 is 1.13 bits per heavy atom. The summed E-state index contributed by atoms with van der Waals surface area (Å²) < 4.78 is 10.8. The first-order valence-electron chi connectivity index (χ1n) is 13.2. The van der Waals surface area contributed by atoms with E-state index in [1.54, 1.807) is 11.9 Å². The van der Waals surface area contributed by atoms with Crippen molar-refractivity contribution in [2.24, 2.45) is 5.92 Å². The van der Waals surface area contributed by atoms with Crippen LogP contribution in [0.15, 0.2) is 48.2 Å². The Hall–Kier alpha value is -4.08. The van der Waals surface area contributed by atoms with Crippen molar-refractivity contribution in [3.05, 3.63) is 65.0 Å². The fourth-order valence-corrected chi connectivity index (χ4v) is 5.53. The number of rotatable bonds is 4. The van der Waals surface area contributed by atoms with Crippen LogP contribution in [0.3, 0.4) is 0 Å². The average molecular weight is 534 g/mol. The molecule has 0 saturated carbocycles. The molecule has 1 unspecified atom stereocenters. The molecule has 2 amide bonds. The van der Waals surface area contributed by atoms with Crippen LogP contribution < -0.4 is 4.90 Å². The van der Waals surface area contributed by atoms with E-state index in [9.17, 15) is 14.7 Å². The molecule has 39 heavy (non-hydrogen) atoms. The Balaban J connectivity index is 1.53. The lowest BCUT2D eigenvalue weighted by Gasteiger charge is -2.46. The highest BCUT2D eigenvalue weighted by atomic mass is 16.6. The van der Waals surface area contributed by atoms with Crippen LogP contribution in [-0.4, -0.2) is 76.3 Å². The predicted molar refractivity (Wildman–Crippen MR) is 146 cm³/mol. The second kappa shape index (κ2) is 10.2. The van der Waals surface area contributed by atoms with E-state index in [0.29, 0.717) is 31.1 Å². The van der Waals surface area contributed by atoms with Gasteiger partial charge in [-0.25, -0.2) is 14.8 Å². The second-order valence-electron chi connectivity index (χ2n) is 11.1. The minimum Gasteiger partial charge on any atom is -0.481 e. The maximum Gasteiger partial charge on any atom is 0.410 e. The number of aliphatic hydroxyl groups is 1. The number of likely N-dealkylation sites (N-methyl/N-ethyl adjacent to an activating group) is 1. The van der Waals surface area contributed by atoms with Crippen molar-refractivity contribution in [1.29, 1.82) is 0 Å². The predicted octanol–water partition coefficient (Wildman–Crippen LogP) is 4.37.